The highest BCUT2D eigenvalue weighted by Crippen LogP contribution is 2.33. The SMILES string of the molecule is O=C(O)CCSCc1cccc(C(=O)Nc2ccc(N3CCSCC3)cc2-c2cc(C(=O)NCc3cccc(C(F)(F)F)c3)ccn2)c1. The third kappa shape index (κ3) is 9.54. The van der Waals surface area contributed by atoms with E-state index < -0.39 is 23.6 Å². The zero-order valence-corrected chi connectivity index (χ0v) is 27.4. The minimum absolute atomic E-state index is 0.0621. The molecule has 0 saturated carbocycles. The molecule has 2 amide bonds. The molecule has 1 fully saturated rings. The first-order valence-corrected chi connectivity index (χ1v) is 17.4. The van der Waals surface area contributed by atoms with Gasteiger partial charge in [0.2, 0.25) is 0 Å². The molecule has 250 valence electrons. The Kier molecular flexibility index (Phi) is 11.7. The molecule has 5 rings (SSSR count). The molecule has 3 aromatic carbocycles. The number of alkyl halides is 3. The third-order valence-corrected chi connectivity index (χ3v) is 9.52. The smallest absolute Gasteiger partial charge is 0.416 e. The van der Waals surface area contributed by atoms with E-state index in [-0.39, 0.29) is 24.4 Å². The second-order valence-electron chi connectivity index (χ2n) is 11.0. The molecule has 0 aliphatic carbocycles. The summed E-state index contributed by atoms with van der Waals surface area (Å²) >= 11 is 3.36. The number of benzene rings is 3. The summed E-state index contributed by atoms with van der Waals surface area (Å²) in [6.07, 6.45) is -2.94. The summed E-state index contributed by atoms with van der Waals surface area (Å²) in [6, 6.07) is 20.8. The summed E-state index contributed by atoms with van der Waals surface area (Å²) in [6.45, 7) is 1.62. The largest absolute Gasteiger partial charge is 0.481 e. The molecular formula is C35H33F3N4O4S2. The number of carboxylic acid groups (broad SMARTS) is 1. The van der Waals surface area contributed by atoms with Crippen molar-refractivity contribution in [2.45, 2.75) is 24.9 Å². The van der Waals surface area contributed by atoms with Gasteiger partial charge in [-0.1, -0.05) is 24.3 Å². The zero-order valence-electron chi connectivity index (χ0n) is 25.8. The number of amides is 2. The number of hydrogen-bond donors (Lipinski definition) is 3. The maximum atomic E-state index is 13.5. The first-order valence-electron chi connectivity index (χ1n) is 15.1. The van der Waals surface area contributed by atoms with Crippen LogP contribution in [-0.2, 0) is 23.3 Å². The number of aliphatic carboxylic acids is 1. The van der Waals surface area contributed by atoms with E-state index in [2.05, 4.69) is 20.5 Å². The van der Waals surface area contributed by atoms with Crippen molar-refractivity contribution >= 4 is 52.7 Å². The van der Waals surface area contributed by atoms with Gasteiger partial charge in [0.05, 0.1) is 23.4 Å². The van der Waals surface area contributed by atoms with E-state index >= 15 is 0 Å². The Hall–Kier alpha value is -4.49. The van der Waals surface area contributed by atoms with Crippen LogP contribution >= 0.6 is 23.5 Å². The first-order chi connectivity index (χ1) is 23.1. The average Bonchev–Trinajstić information content (AvgIpc) is 3.09. The molecule has 0 bridgehead atoms. The van der Waals surface area contributed by atoms with Crippen molar-refractivity contribution in [3.63, 3.8) is 0 Å². The second kappa shape index (κ2) is 16.1. The summed E-state index contributed by atoms with van der Waals surface area (Å²) in [5, 5.41) is 14.6. The fourth-order valence-electron chi connectivity index (χ4n) is 5.08. The molecule has 8 nitrogen and oxygen atoms in total. The fourth-order valence-corrected chi connectivity index (χ4v) is 6.86. The van der Waals surface area contributed by atoms with Gasteiger partial charge < -0.3 is 20.6 Å². The number of anilines is 2. The maximum Gasteiger partial charge on any atom is 0.416 e. The summed E-state index contributed by atoms with van der Waals surface area (Å²) in [5.74, 6) is 1.32. The van der Waals surface area contributed by atoms with E-state index in [1.165, 1.54) is 36.2 Å². The monoisotopic (exact) mass is 694 g/mol. The molecule has 1 aromatic heterocycles. The highest BCUT2D eigenvalue weighted by Gasteiger charge is 2.30. The fraction of sp³-hybridized carbons (Fsp3) is 0.257. The van der Waals surface area contributed by atoms with E-state index in [0.29, 0.717) is 39.6 Å². The lowest BCUT2D eigenvalue weighted by Gasteiger charge is -2.29. The molecule has 1 saturated heterocycles. The van der Waals surface area contributed by atoms with Crippen molar-refractivity contribution in [2.75, 3.05) is 40.6 Å². The Bertz CT molecular complexity index is 1780. The van der Waals surface area contributed by atoms with E-state index in [1.807, 2.05) is 36.0 Å². The molecule has 13 heteroatoms. The number of aromatic nitrogens is 1. The number of carboxylic acids is 1. The Morgan fingerprint density at radius 1 is 0.896 bits per heavy atom. The van der Waals surface area contributed by atoms with E-state index in [1.54, 1.807) is 24.3 Å². The Labute approximate surface area is 284 Å². The molecule has 0 atom stereocenters. The second-order valence-corrected chi connectivity index (χ2v) is 13.3. The van der Waals surface area contributed by atoms with Crippen LogP contribution in [0.15, 0.2) is 85.1 Å². The molecule has 2 heterocycles. The number of carbonyl (C=O) groups is 3. The van der Waals surface area contributed by atoms with Crippen molar-refractivity contribution in [3.8, 4) is 11.3 Å². The Morgan fingerprint density at radius 2 is 1.65 bits per heavy atom. The van der Waals surface area contributed by atoms with E-state index in [4.69, 9.17) is 5.11 Å². The van der Waals surface area contributed by atoms with Gasteiger partial charge in [-0.05, 0) is 65.7 Å². The molecule has 4 aromatic rings. The molecule has 0 spiro atoms. The number of pyridine rings is 1. The summed E-state index contributed by atoms with van der Waals surface area (Å²) < 4.78 is 39.4. The van der Waals surface area contributed by atoms with Gasteiger partial charge in [0.25, 0.3) is 11.8 Å². The molecule has 0 unspecified atom stereocenters. The van der Waals surface area contributed by atoms with E-state index in [9.17, 15) is 27.6 Å². The lowest BCUT2D eigenvalue weighted by molar-refractivity contribution is -0.138. The van der Waals surface area contributed by atoms with Crippen molar-refractivity contribution < 1.29 is 32.7 Å². The van der Waals surface area contributed by atoms with Crippen LogP contribution in [0.2, 0.25) is 0 Å². The quantitative estimate of drug-likeness (QED) is 0.134. The number of nitrogens with one attached hydrogen (secondary N) is 2. The number of thioether (sulfide) groups is 2. The lowest BCUT2D eigenvalue weighted by atomic mass is 10.0. The van der Waals surface area contributed by atoms with Gasteiger partial charge in [-0.15, -0.1) is 0 Å². The molecule has 1 aliphatic rings. The van der Waals surface area contributed by atoms with Gasteiger partial charge in [0.15, 0.2) is 0 Å². The van der Waals surface area contributed by atoms with Crippen molar-refractivity contribution in [1.29, 1.82) is 0 Å². The minimum Gasteiger partial charge on any atom is -0.481 e. The maximum absolute atomic E-state index is 13.5. The molecule has 3 N–H and O–H groups in total. The number of hydrogen-bond acceptors (Lipinski definition) is 7. The molecule has 48 heavy (non-hydrogen) atoms. The number of carbonyl (C=O) groups excluding carboxylic acids is 2. The van der Waals surface area contributed by atoms with Crippen molar-refractivity contribution in [1.82, 2.24) is 10.3 Å². The van der Waals surface area contributed by atoms with Gasteiger partial charge in [0.1, 0.15) is 0 Å². The van der Waals surface area contributed by atoms with Crippen molar-refractivity contribution in [2.24, 2.45) is 0 Å². The molecule has 0 radical (unpaired) electrons. The zero-order chi connectivity index (χ0) is 34.1. The molecule has 1 aliphatic heterocycles. The van der Waals surface area contributed by atoms with Gasteiger partial charge >= 0.3 is 12.1 Å². The van der Waals surface area contributed by atoms with Crippen LogP contribution in [-0.4, -0.2) is 58.2 Å². The predicted molar refractivity (Wildman–Crippen MR) is 185 cm³/mol. The summed E-state index contributed by atoms with van der Waals surface area (Å²) in [5.41, 5.74) is 3.59. The topological polar surface area (TPSA) is 112 Å². The van der Waals surface area contributed by atoms with E-state index in [0.717, 1.165) is 48.0 Å². The van der Waals surface area contributed by atoms with Crippen LogP contribution in [0.3, 0.4) is 0 Å². The summed E-state index contributed by atoms with van der Waals surface area (Å²) in [4.78, 5) is 44.2. The van der Waals surface area contributed by atoms with Crippen LogP contribution < -0.4 is 15.5 Å². The first kappa shape index (κ1) is 34.8. The number of rotatable bonds is 12. The molecular weight excluding hydrogens is 662 g/mol. The number of nitrogens with zero attached hydrogens (tertiary/aromatic N) is 2. The normalized spacial score (nSPS) is 13.2. The third-order valence-electron chi connectivity index (χ3n) is 7.55. The standard InChI is InChI=1S/C35H33F3N4O4S2/c36-35(37,38)27-6-2-3-23(18-27)21-40-33(45)26-9-11-39-31(19-26)29-20-28(42-12-15-47-16-13-42)7-8-30(29)41-34(46)25-5-1-4-24(17-25)22-48-14-10-32(43)44/h1-9,11,17-20H,10,12-16,21-22H2,(H,40,45)(H,41,46)(H,43,44). The highest BCUT2D eigenvalue weighted by atomic mass is 32.2. The highest BCUT2D eigenvalue weighted by molar-refractivity contribution is 7.99. The van der Waals surface area contributed by atoms with Crippen LogP contribution in [0.1, 0.15) is 43.8 Å². The van der Waals surface area contributed by atoms with Gasteiger partial charge in [0, 0.05) is 71.2 Å². The average molecular weight is 695 g/mol. The van der Waals surface area contributed by atoms with Crippen LogP contribution in [0, 0.1) is 0 Å². The van der Waals surface area contributed by atoms with Crippen LogP contribution in [0.5, 0.6) is 0 Å². The predicted octanol–water partition coefficient (Wildman–Crippen LogP) is 7.21. The lowest BCUT2D eigenvalue weighted by Crippen LogP contribution is -2.32. The summed E-state index contributed by atoms with van der Waals surface area (Å²) in [7, 11) is 0. The van der Waals surface area contributed by atoms with Gasteiger partial charge in [-0.2, -0.15) is 36.7 Å². The Morgan fingerprint density at radius 3 is 2.42 bits per heavy atom. The van der Waals surface area contributed by atoms with Gasteiger partial charge in [-0.25, -0.2) is 0 Å². The minimum atomic E-state index is -4.49. The Balaban J connectivity index is 1.37. The van der Waals surface area contributed by atoms with Crippen molar-refractivity contribution in [3.05, 3.63) is 113 Å². The number of halogens is 3. The van der Waals surface area contributed by atoms with Gasteiger partial charge in [-0.3, -0.25) is 19.4 Å². The van der Waals surface area contributed by atoms with Crippen LogP contribution in [0.25, 0.3) is 11.3 Å². The van der Waals surface area contributed by atoms with Crippen LogP contribution in [0.4, 0.5) is 24.5 Å².